The van der Waals surface area contributed by atoms with Gasteiger partial charge in [-0.05, 0) is 18.2 Å². The third kappa shape index (κ3) is 2.79. The SMILES string of the molecule is Fc1cc(C(F)(F)F)ccc1NCc1cnc[nH]1. The molecule has 0 spiro atoms. The molecule has 0 atom stereocenters. The summed E-state index contributed by atoms with van der Waals surface area (Å²) in [4.78, 5) is 6.55. The highest BCUT2D eigenvalue weighted by atomic mass is 19.4. The van der Waals surface area contributed by atoms with E-state index >= 15 is 0 Å². The lowest BCUT2D eigenvalue weighted by atomic mass is 10.2. The van der Waals surface area contributed by atoms with Crippen LogP contribution in [0.25, 0.3) is 0 Å². The van der Waals surface area contributed by atoms with E-state index in [0.29, 0.717) is 11.8 Å². The van der Waals surface area contributed by atoms with Crippen LogP contribution in [-0.4, -0.2) is 9.97 Å². The predicted octanol–water partition coefficient (Wildman–Crippen LogP) is 3.18. The van der Waals surface area contributed by atoms with Crippen LogP contribution in [-0.2, 0) is 12.7 Å². The number of rotatable bonds is 3. The second kappa shape index (κ2) is 4.67. The fourth-order valence-electron chi connectivity index (χ4n) is 1.41. The first kappa shape index (κ1) is 12.4. The average molecular weight is 259 g/mol. The molecule has 1 aromatic heterocycles. The predicted molar refractivity (Wildman–Crippen MR) is 57.3 cm³/mol. The van der Waals surface area contributed by atoms with Crippen LogP contribution in [0.15, 0.2) is 30.7 Å². The largest absolute Gasteiger partial charge is 0.416 e. The summed E-state index contributed by atoms with van der Waals surface area (Å²) in [7, 11) is 0. The zero-order valence-corrected chi connectivity index (χ0v) is 9.05. The van der Waals surface area contributed by atoms with Crippen molar-refractivity contribution >= 4 is 5.69 Å². The molecule has 96 valence electrons. The molecule has 0 saturated carbocycles. The third-order valence-corrected chi connectivity index (χ3v) is 2.32. The fraction of sp³-hybridized carbons (Fsp3) is 0.182. The maximum Gasteiger partial charge on any atom is 0.416 e. The maximum atomic E-state index is 13.4. The normalized spacial score (nSPS) is 11.6. The summed E-state index contributed by atoms with van der Waals surface area (Å²) in [6, 6.07) is 2.36. The molecule has 0 aliphatic carbocycles. The lowest BCUT2D eigenvalue weighted by molar-refractivity contribution is -0.137. The number of halogens is 4. The van der Waals surface area contributed by atoms with Gasteiger partial charge in [0.25, 0.3) is 0 Å². The van der Waals surface area contributed by atoms with Gasteiger partial charge in [0.15, 0.2) is 0 Å². The number of nitrogens with zero attached hydrogens (tertiary/aromatic N) is 1. The van der Waals surface area contributed by atoms with Crippen molar-refractivity contribution in [2.75, 3.05) is 5.32 Å². The zero-order valence-electron chi connectivity index (χ0n) is 9.05. The smallest absolute Gasteiger partial charge is 0.377 e. The highest BCUT2D eigenvalue weighted by Gasteiger charge is 2.31. The molecular weight excluding hydrogens is 250 g/mol. The van der Waals surface area contributed by atoms with Crippen molar-refractivity contribution in [1.29, 1.82) is 0 Å². The molecule has 1 heterocycles. The van der Waals surface area contributed by atoms with Crippen LogP contribution in [0.1, 0.15) is 11.3 Å². The van der Waals surface area contributed by atoms with Crippen molar-refractivity contribution in [2.24, 2.45) is 0 Å². The number of alkyl halides is 3. The first-order valence-corrected chi connectivity index (χ1v) is 5.04. The molecule has 0 aliphatic heterocycles. The Labute approximate surface area is 99.9 Å². The van der Waals surface area contributed by atoms with Gasteiger partial charge in [-0.15, -0.1) is 0 Å². The Hall–Kier alpha value is -2.05. The van der Waals surface area contributed by atoms with Crippen LogP contribution in [0.4, 0.5) is 23.2 Å². The van der Waals surface area contributed by atoms with E-state index in [1.165, 1.54) is 12.5 Å². The minimum absolute atomic E-state index is 0.0117. The van der Waals surface area contributed by atoms with Gasteiger partial charge in [-0.1, -0.05) is 0 Å². The van der Waals surface area contributed by atoms with Crippen molar-refractivity contribution < 1.29 is 17.6 Å². The number of hydrogen-bond donors (Lipinski definition) is 2. The van der Waals surface area contributed by atoms with Crippen LogP contribution >= 0.6 is 0 Å². The Morgan fingerprint density at radius 2 is 2.06 bits per heavy atom. The Kier molecular flexibility index (Phi) is 3.22. The van der Waals surface area contributed by atoms with Crippen LogP contribution in [0.5, 0.6) is 0 Å². The molecule has 18 heavy (non-hydrogen) atoms. The van der Waals surface area contributed by atoms with Crippen molar-refractivity contribution in [3.05, 3.63) is 47.8 Å². The summed E-state index contributed by atoms with van der Waals surface area (Å²) in [6.45, 7) is 0.252. The summed E-state index contributed by atoms with van der Waals surface area (Å²) >= 11 is 0. The highest BCUT2D eigenvalue weighted by Crippen LogP contribution is 2.31. The molecule has 2 N–H and O–H groups in total. The molecule has 0 fully saturated rings. The minimum atomic E-state index is -4.54. The number of benzene rings is 1. The molecule has 1 aromatic carbocycles. The molecule has 2 aromatic rings. The maximum absolute atomic E-state index is 13.4. The molecule has 0 saturated heterocycles. The fourth-order valence-corrected chi connectivity index (χ4v) is 1.41. The zero-order chi connectivity index (χ0) is 13.2. The molecule has 0 unspecified atom stereocenters. The first-order valence-electron chi connectivity index (χ1n) is 5.04. The minimum Gasteiger partial charge on any atom is -0.377 e. The van der Waals surface area contributed by atoms with E-state index in [0.717, 1.165) is 12.1 Å². The standard InChI is InChI=1S/C11H9F4N3/c12-9-3-7(11(13,14)15)1-2-10(9)17-5-8-4-16-6-18-8/h1-4,6,17H,5H2,(H,16,18). The summed E-state index contributed by atoms with van der Waals surface area (Å²) in [6.07, 6.45) is -1.54. The average Bonchev–Trinajstić information content (AvgIpc) is 2.79. The van der Waals surface area contributed by atoms with Gasteiger partial charge in [0, 0.05) is 6.20 Å². The lowest BCUT2D eigenvalue weighted by Gasteiger charge is -2.10. The molecule has 7 heteroatoms. The topological polar surface area (TPSA) is 40.7 Å². The second-order valence-corrected chi connectivity index (χ2v) is 3.62. The summed E-state index contributed by atoms with van der Waals surface area (Å²) in [5, 5.41) is 2.68. The van der Waals surface area contributed by atoms with Gasteiger partial charge in [-0.3, -0.25) is 0 Å². The van der Waals surface area contributed by atoms with Gasteiger partial charge in [0.1, 0.15) is 5.82 Å². The Balaban J connectivity index is 2.10. The van der Waals surface area contributed by atoms with E-state index in [9.17, 15) is 17.6 Å². The van der Waals surface area contributed by atoms with Gasteiger partial charge >= 0.3 is 6.18 Å². The van der Waals surface area contributed by atoms with E-state index in [2.05, 4.69) is 15.3 Å². The number of hydrogen-bond acceptors (Lipinski definition) is 2. The molecule has 0 amide bonds. The van der Waals surface area contributed by atoms with Crippen molar-refractivity contribution in [3.63, 3.8) is 0 Å². The Morgan fingerprint density at radius 3 is 2.61 bits per heavy atom. The lowest BCUT2D eigenvalue weighted by Crippen LogP contribution is -2.07. The number of aromatic nitrogens is 2. The summed E-state index contributed by atoms with van der Waals surface area (Å²) in [5.41, 5.74) is -0.293. The first-order chi connectivity index (χ1) is 8.47. The quantitative estimate of drug-likeness (QED) is 0.831. The van der Waals surface area contributed by atoms with E-state index in [1.807, 2.05) is 0 Å². The van der Waals surface area contributed by atoms with E-state index in [1.54, 1.807) is 0 Å². The monoisotopic (exact) mass is 259 g/mol. The van der Waals surface area contributed by atoms with Gasteiger partial charge in [-0.2, -0.15) is 13.2 Å². The number of anilines is 1. The van der Waals surface area contributed by atoms with Crippen LogP contribution in [0.3, 0.4) is 0 Å². The number of nitrogens with one attached hydrogen (secondary N) is 2. The summed E-state index contributed by atoms with van der Waals surface area (Å²) < 4.78 is 50.3. The van der Waals surface area contributed by atoms with Crippen molar-refractivity contribution in [1.82, 2.24) is 9.97 Å². The molecule has 2 rings (SSSR count). The molecule has 0 aliphatic rings. The van der Waals surface area contributed by atoms with Gasteiger partial charge in [0.05, 0.1) is 29.8 Å². The molecule has 3 nitrogen and oxygen atoms in total. The van der Waals surface area contributed by atoms with E-state index in [-0.39, 0.29) is 12.2 Å². The van der Waals surface area contributed by atoms with E-state index in [4.69, 9.17) is 0 Å². The van der Waals surface area contributed by atoms with E-state index < -0.39 is 17.6 Å². The molecular formula is C11H9F4N3. The number of aromatic amines is 1. The Morgan fingerprint density at radius 1 is 1.28 bits per heavy atom. The van der Waals surface area contributed by atoms with Crippen LogP contribution in [0, 0.1) is 5.82 Å². The Bertz CT molecular complexity index is 520. The molecule has 0 radical (unpaired) electrons. The molecule has 0 bridgehead atoms. The van der Waals surface area contributed by atoms with Crippen molar-refractivity contribution in [2.45, 2.75) is 12.7 Å². The van der Waals surface area contributed by atoms with Crippen LogP contribution in [0.2, 0.25) is 0 Å². The second-order valence-electron chi connectivity index (χ2n) is 3.62. The van der Waals surface area contributed by atoms with Gasteiger partial charge < -0.3 is 10.3 Å². The number of imidazole rings is 1. The summed E-state index contributed by atoms with van der Waals surface area (Å²) in [5.74, 6) is -0.940. The highest BCUT2D eigenvalue weighted by molar-refractivity contribution is 5.47. The third-order valence-electron chi connectivity index (χ3n) is 2.32. The van der Waals surface area contributed by atoms with Crippen LogP contribution < -0.4 is 5.32 Å². The number of H-pyrrole nitrogens is 1. The van der Waals surface area contributed by atoms with Gasteiger partial charge in [0.2, 0.25) is 0 Å². The van der Waals surface area contributed by atoms with Crippen molar-refractivity contribution in [3.8, 4) is 0 Å². The van der Waals surface area contributed by atoms with Gasteiger partial charge in [-0.25, -0.2) is 9.37 Å².